The monoisotopic (exact) mass is 617 g/mol. The number of fused-ring (bicyclic) bond motifs is 2. The maximum atomic E-state index is 14.2. The lowest BCUT2D eigenvalue weighted by atomic mass is 9.68. The van der Waals surface area contributed by atoms with Crippen LogP contribution in [0.1, 0.15) is 51.5 Å². The van der Waals surface area contributed by atoms with E-state index in [0.29, 0.717) is 51.5 Å². The number of hydrogen-bond acceptors (Lipinski definition) is 8. The molecule has 2 aromatic rings. The normalized spacial score (nSPS) is 26.2. The largest absolute Gasteiger partial charge is 0.369 e. The minimum Gasteiger partial charge on any atom is -0.369 e. The van der Waals surface area contributed by atoms with Crippen LogP contribution in [0.3, 0.4) is 0 Å². The van der Waals surface area contributed by atoms with Crippen molar-refractivity contribution in [2.45, 2.75) is 58.9 Å². The van der Waals surface area contributed by atoms with Gasteiger partial charge in [0.05, 0.1) is 11.4 Å². The lowest BCUT2D eigenvalue weighted by Gasteiger charge is -2.48. The van der Waals surface area contributed by atoms with E-state index >= 15 is 0 Å². The van der Waals surface area contributed by atoms with E-state index in [1.807, 2.05) is 24.3 Å². The van der Waals surface area contributed by atoms with Gasteiger partial charge in [0.25, 0.3) is 0 Å². The Labute approximate surface area is 252 Å². The molecule has 1 aromatic carbocycles. The molecule has 3 atom stereocenters. The molecule has 0 spiro atoms. The molecule has 0 amide bonds. The molecule has 2 heterocycles. The first-order valence-corrected chi connectivity index (χ1v) is 18.9. The summed E-state index contributed by atoms with van der Waals surface area (Å²) in [6.07, 6.45) is 8.87. The summed E-state index contributed by atoms with van der Waals surface area (Å²) in [7, 11) is -6.55. The van der Waals surface area contributed by atoms with Crippen LogP contribution in [0.2, 0.25) is 0 Å². The molecule has 0 radical (unpaired) electrons. The molecule has 9 nitrogen and oxygen atoms in total. The second-order valence-electron chi connectivity index (χ2n) is 13.2. The van der Waals surface area contributed by atoms with E-state index in [4.69, 9.17) is 0 Å². The Hall–Kier alpha value is -2.21. The molecule has 5 rings (SSSR count). The number of hydrazine groups is 1. The number of nitrogens with one attached hydrogen (secondary N) is 1. The van der Waals surface area contributed by atoms with Gasteiger partial charge in [0, 0.05) is 74.3 Å². The maximum absolute atomic E-state index is 14.2. The number of anilines is 2. The van der Waals surface area contributed by atoms with Crippen LogP contribution in [-0.4, -0.2) is 87.7 Å². The minimum atomic E-state index is -3.52. The number of para-hydroxylation sites is 1. The SMILES string of the molecule is Cc1ccccc1N1CCN(S(=O)(=O)CC23CCC(C[C@@H]2N(CCCCS(C)(=O)=O)Nc2ccncc2)C3(C)C)CC1. The Morgan fingerprint density at radius 1 is 1.00 bits per heavy atom. The van der Waals surface area contributed by atoms with E-state index in [9.17, 15) is 16.8 Å². The average Bonchev–Trinajstić information content (AvgIpc) is 3.30. The predicted octanol–water partition coefficient (Wildman–Crippen LogP) is 4.19. The molecule has 2 saturated carbocycles. The first kappa shape index (κ1) is 31.2. The summed E-state index contributed by atoms with van der Waals surface area (Å²) >= 11 is 0. The lowest BCUT2D eigenvalue weighted by molar-refractivity contribution is 0.0584. The number of aryl methyl sites for hydroxylation is 1. The summed E-state index contributed by atoms with van der Waals surface area (Å²) in [5.41, 5.74) is 6.32. The number of unbranched alkanes of at least 4 members (excludes halogenated alkanes) is 1. The fourth-order valence-electron chi connectivity index (χ4n) is 7.88. The zero-order valence-corrected chi connectivity index (χ0v) is 27.1. The summed E-state index contributed by atoms with van der Waals surface area (Å²) in [5, 5.41) is 2.23. The van der Waals surface area contributed by atoms with E-state index in [0.717, 1.165) is 24.9 Å². The van der Waals surface area contributed by atoms with Gasteiger partial charge in [0.2, 0.25) is 10.0 Å². The third-order valence-electron chi connectivity index (χ3n) is 10.4. The van der Waals surface area contributed by atoms with Gasteiger partial charge in [-0.1, -0.05) is 32.0 Å². The van der Waals surface area contributed by atoms with Gasteiger partial charge in [-0.25, -0.2) is 21.8 Å². The number of benzene rings is 1. The van der Waals surface area contributed by atoms with Crippen LogP contribution in [0, 0.1) is 23.7 Å². The summed E-state index contributed by atoms with van der Waals surface area (Å²) in [6.45, 7) is 9.63. The van der Waals surface area contributed by atoms with E-state index in [1.54, 1.807) is 16.7 Å². The van der Waals surface area contributed by atoms with Crippen LogP contribution in [0.4, 0.5) is 11.4 Å². The number of sulfonamides is 1. The van der Waals surface area contributed by atoms with Crippen LogP contribution in [-0.2, 0) is 19.9 Å². The second kappa shape index (κ2) is 12.1. The minimum absolute atomic E-state index is 0.0145. The van der Waals surface area contributed by atoms with Gasteiger partial charge in [0.15, 0.2) is 0 Å². The number of hydrogen-bond donors (Lipinski definition) is 1. The van der Waals surface area contributed by atoms with Gasteiger partial charge < -0.3 is 10.3 Å². The maximum Gasteiger partial charge on any atom is 0.214 e. The van der Waals surface area contributed by atoms with Crippen molar-refractivity contribution in [1.82, 2.24) is 14.3 Å². The summed E-state index contributed by atoms with van der Waals surface area (Å²) in [6, 6.07) is 12.1. The standard InChI is InChI=1S/C31H47N5O4S2/c1-25-9-5-6-10-28(25)34-18-20-35(21-19-34)42(39,40)24-31-14-11-26(30(31,2)3)23-29(31)36(17-7-8-22-41(4,37)38)33-27-12-15-32-16-13-27/h5-6,9-10,12-13,15-16,26,29H,7-8,11,14,17-24H2,1-4H3,(H,32,33)/t26?,29-,31?/m0/s1. The fourth-order valence-corrected chi connectivity index (χ4v) is 10.9. The van der Waals surface area contributed by atoms with Crippen LogP contribution < -0.4 is 10.3 Å². The Balaban J connectivity index is 1.36. The summed E-state index contributed by atoms with van der Waals surface area (Å²) in [5.74, 6) is 0.729. The Bertz CT molecular complexity index is 1440. The zero-order valence-electron chi connectivity index (χ0n) is 25.5. The van der Waals surface area contributed by atoms with Crippen molar-refractivity contribution in [1.29, 1.82) is 0 Å². The van der Waals surface area contributed by atoms with Crippen molar-refractivity contribution in [3.8, 4) is 0 Å². The molecular formula is C31H47N5O4S2. The van der Waals surface area contributed by atoms with Crippen LogP contribution >= 0.6 is 0 Å². The summed E-state index contributed by atoms with van der Waals surface area (Å²) in [4.78, 5) is 6.44. The van der Waals surface area contributed by atoms with Crippen molar-refractivity contribution >= 4 is 31.2 Å². The molecule has 3 aliphatic rings. The Morgan fingerprint density at radius 2 is 1.69 bits per heavy atom. The molecule has 2 aliphatic carbocycles. The topological polar surface area (TPSA) is 103 Å². The van der Waals surface area contributed by atoms with Crippen molar-refractivity contribution in [3.63, 3.8) is 0 Å². The number of pyridine rings is 1. The highest BCUT2D eigenvalue weighted by molar-refractivity contribution is 7.90. The smallest absolute Gasteiger partial charge is 0.214 e. The molecule has 1 saturated heterocycles. The summed E-state index contributed by atoms with van der Waals surface area (Å²) < 4.78 is 53.7. The molecular weight excluding hydrogens is 571 g/mol. The molecule has 2 unspecified atom stereocenters. The van der Waals surface area contributed by atoms with Crippen LogP contribution in [0.15, 0.2) is 48.8 Å². The van der Waals surface area contributed by atoms with E-state index in [2.05, 4.69) is 53.2 Å². The number of aromatic nitrogens is 1. The van der Waals surface area contributed by atoms with Crippen molar-refractivity contribution in [2.75, 3.05) is 60.8 Å². The van der Waals surface area contributed by atoms with E-state index in [1.165, 1.54) is 17.5 Å². The highest BCUT2D eigenvalue weighted by Gasteiger charge is 2.66. The highest BCUT2D eigenvalue weighted by atomic mass is 32.2. The van der Waals surface area contributed by atoms with E-state index < -0.39 is 25.3 Å². The Kier molecular flexibility index (Phi) is 8.96. The molecule has 1 aliphatic heterocycles. The van der Waals surface area contributed by atoms with Crippen LogP contribution in [0.25, 0.3) is 0 Å². The third-order valence-corrected chi connectivity index (χ3v) is 13.5. The number of rotatable bonds is 12. The third kappa shape index (κ3) is 6.34. The van der Waals surface area contributed by atoms with Gasteiger partial charge in [-0.2, -0.15) is 4.31 Å². The van der Waals surface area contributed by atoms with E-state index in [-0.39, 0.29) is 23.0 Å². The molecule has 2 bridgehead atoms. The van der Waals surface area contributed by atoms with Crippen molar-refractivity contribution in [2.24, 2.45) is 16.7 Å². The highest BCUT2D eigenvalue weighted by Crippen LogP contribution is 2.67. The first-order chi connectivity index (χ1) is 19.8. The first-order valence-electron chi connectivity index (χ1n) is 15.2. The molecule has 1 aromatic heterocycles. The fraction of sp³-hybridized carbons (Fsp3) is 0.645. The molecule has 3 fully saturated rings. The quantitative estimate of drug-likeness (QED) is 0.280. The van der Waals surface area contributed by atoms with Gasteiger partial charge in [0.1, 0.15) is 9.84 Å². The predicted molar refractivity (Wildman–Crippen MR) is 170 cm³/mol. The van der Waals surface area contributed by atoms with Crippen molar-refractivity contribution in [3.05, 3.63) is 54.4 Å². The van der Waals surface area contributed by atoms with Crippen molar-refractivity contribution < 1.29 is 16.8 Å². The number of sulfone groups is 1. The molecule has 11 heteroatoms. The van der Waals surface area contributed by atoms with Gasteiger partial charge >= 0.3 is 0 Å². The lowest BCUT2D eigenvalue weighted by Crippen LogP contribution is -2.57. The Morgan fingerprint density at radius 3 is 2.33 bits per heavy atom. The van der Waals surface area contributed by atoms with Gasteiger partial charge in [-0.05, 0) is 74.1 Å². The second-order valence-corrected chi connectivity index (χ2v) is 17.4. The van der Waals surface area contributed by atoms with Crippen LogP contribution in [0.5, 0.6) is 0 Å². The number of piperazine rings is 1. The molecule has 42 heavy (non-hydrogen) atoms. The molecule has 1 N–H and O–H groups in total. The molecule has 232 valence electrons. The van der Waals surface area contributed by atoms with Gasteiger partial charge in [-0.3, -0.25) is 4.98 Å². The van der Waals surface area contributed by atoms with Gasteiger partial charge in [-0.15, -0.1) is 0 Å². The zero-order chi connectivity index (χ0) is 30.2. The average molecular weight is 618 g/mol. The number of nitrogens with zero attached hydrogens (tertiary/aromatic N) is 4.